The van der Waals surface area contributed by atoms with Gasteiger partial charge in [-0.05, 0) is 11.6 Å². The second kappa shape index (κ2) is 5.51. The van der Waals surface area contributed by atoms with Gasteiger partial charge in [0.05, 0.1) is 4.92 Å². The van der Waals surface area contributed by atoms with E-state index in [0.29, 0.717) is 11.3 Å². The van der Waals surface area contributed by atoms with Crippen molar-refractivity contribution in [3.05, 3.63) is 70.3 Å². The maximum absolute atomic E-state index is 12.7. The summed E-state index contributed by atoms with van der Waals surface area (Å²) in [5, 5.41) is 13.5. The lowest BCUT2D eigenvalue weighted by molar-refractivity contribution is -0.384. The summed E-state index contributed by atoms with van der Waals surface area (Å²) >= 11 is 12.5. The van der Waals surface area contributed by atoms with Crippen LogP contribution >= 0.6 is 23.2 Å². The summed E-state index contributed by atoms with van der Waals surface area (Å²) in [5.74, 6) is -0.380. The van der Waals surface area contributed by atoms with Gasteiger partial charge < -0.3 is 5.32 Å². The number of anilines is 1. The molecule has 1 saturated carbocycles. The number of nitro groups is 1. The lowest BCUT2D eigenvalue weighted by Crippen LogP contribution is -2.32. The van der Waals surface area contributed by atoms with Crippen molar-refractivity contribution in [3.8, 4) is 0 Å². The minimum absolute atomic E-state index is 0.102. The van der Waals surface area contributed by atoms with E-state index in [1.165, 1.54) is 18.2 Å². The van der Waals surface area contributed by atoms with Gasteiger partial charge in [-0.2, -0.15) is 0 Å². The van der Waals surface area contributed by atoms with E-state index >= 15 is 0 Å². The first-order valence-electron chi connectivity index (χ1n) is 6.86. The summed E-state index contributed by atoms with van der Waals surface area (Å²) in [5.41, 5.74) is -0.110. The van der Waals surface area contributed by atoms with Crippen LogP contribution in [0.15, 0.2) is 54.6 Å². The zero-order chi connectivity index (χ0) is 16.7. The molecule has 1 aliphatic carbocycles. The van der Waals surface area contributed by atoms with Crippen molar-refractivity contribution in [1.82, 2.24) is 0 Å². The first kappa shape index (κ1) is 15.8. The highest BCUT2D eigenvalue weighted by atomic mass is 35.5. The fraction of sp³-hybridized carbons (Fsp3) is 0.188. The molecule has 1 fully saturated rings. The molecule has 0 spiro atoms. The minimum atomic E-state index is -1.20. The summed E-state index contributed by atoms with van der Waals surface area (Å²) in [6, 6.07) is 14.8. The molecule has 1 amide bonds. The third-order valence-electron chi connectivity index (χ3n) is 3.96. The standard InChI is InChI=1S/C16H12Cl2N2O3/c17-16(18)10-15(16,11-5-2-1-3-6-11)14(21)19-12-7-4-8-13(9-12)20(22)23/h1-9H,10H2,(H,19,21)/t15-/m0/s1. The quantitative estimate of drug-likeness (QED) is 0.513. The number of nitro benzene ring substituents is 1. The average molecular weight is 351 g/mol. The van der Waals surface area contributed by atoms with E-state index in [1.807, 2.05) is 6.07 Å². The topological polar surface area (TPSA) is 72.2 Å². The smallest absolute Gasteiger partial charge is 0.271 e. The van der Waals surface area contributed by atoms with Gasteiger partial charge in [-0.1, -0.05) is 36.4 Å². The van der Waals surface area contributed by atoms with Gasteiger partial charge in [-0.3, -0.25) is 14.9 Å². The molecule has 5 nitrogen and oxygen atoms in total. The first-order valence-corrected chi connectivity index (χ1v) is 7.62. The molecule has 0 bridgehead atoms. The van der Waals surface area contributed by atoms with Crippen LogP contribution in [0.3, 0.4) is 0 Å². The summed E-state index contributed by atoms with van der Waals surface area (Å²) < 4.78 is -1.20. The molecule has 3 rings (SSSR count). The number of alkyl halides is 2. The number of carbonyl (C=O) groups excluding carboxylic acids is 1. The number of benzene rings is 2. The highest BCUT2D eigenvalue weighted by Crippen LogP contribution is 2.65. The van der Waals surface area contributed by atoms with Crippen molar-refractivity contribution in [3.63, 3.8) is 0 Å². The monoisotopic (exact) mass is 350 g/mol. The number of non-ortho nitro benzene ring substituents is 1. The fourth-order valence-corrected chi connectivity index (χ4v) is 3.43. The molecule has 0 radical (unpaired) electrons. The van der Waals surface area contributed by atoms with Gasteiger partial charge in [-0.15, -0.1) is 23.2 Å². The predicted octanol–water partition coefficient (Wildman–Crippen LogP) is 4.05. The van der Waals surface area contributed by atoms with Crippen molar-refractivity contribution < 1.29 is 9.72 Å². The third kappa shape index (κ3) is 2.66. The summed E-state index contributed by atoms with van der Waals surface area (Å²) in [7, 11) is 0. The first-order chi connectivity index (χ1) is 10.9. The Morgan fingerprint density at radius 2 is 1.78 bits per heavy atom. The Kier molecular flexibility index (Phi) is 3.78. The summed E-state index contributed by atoms with van der Waals surface area (Å²) in [4.78, 5) is 23.0. The maximum Gasteiger partial charge on any atom is 0.271 e. The normalized spacial score (nSPS) is 21.5. The minimum Gasteiger partial charge on any atom is -0.325 e. The van der Waals surface area contributed by atoms with Crippen LogP contribution in [0.2, 0.25) is 0 Å². The molecule has 1 N–H and O–H groups in total. The molecule has 118 valence electrons. The van der Waals surface area contributed by atoms with Crippen molar-refractivity contribution in [2.24, 2.45) is 0 Å². The highest BCUT2D eigenvalue weighted by molar-refractivity contribution is 6.54. The van der Waals surface area contributed by atoms with Crippen LogP contribution in [-0.4, -0.2) is 15.2 Å². The van der Waals surface area contributed by atoms with E-state index in [4.69, 9.17) is 23.2 Å². The van der Waals surface area contributed by atoms with Crippen molar-refractivity contribution in [2.45, 2.75) is 16.2 Å². The van der Waals surface area contributed by atoms with Gasteiger partial charge in [0, 0.05) is 24.2 Å². The number of hydrogen-bond donors (Lipinski definition) is 1. The van der Waals surface area contributed by atoms with Gasteiger partial charge in [0.1, 0.15) is 9.75 Å². The van der Waals surface area contributed by atoms with E-state index in [9.17, 15) is 14.9 Å². The van der Waals surface area contributed by atoms with Crippen LogP contribution in [0, 0.1) is 10.1 Å². The molecule has 0 saturated heterocycles. The Morgan fingerprint density at radius 3 is 2.35 bits per heavy atom. The average Bonchev–Trinajstić information content (AvgIpc) is 3.12. The van der Waals surface area contributed by atoms with Crippen LogP contribution in [0.5, 0.6) is 0 Å². The number of nitrogens with zero attached hydrogens (tertiary/aromatic N) is 1. The SMILES string of the molecule is O=C(Nc1cccc([N+](=O)[O-])c1)[C@@]1(c2ccccc2)CC1(Cl)Cl. The van der Waals surface area contributed by atoms with E-state index in [1.54, 1.807) is 30.3 Å². The number of nitrogens with one attached hydrogen (secondary N) is 1. The maximum atomic E-state index is 12.7. The molecule has 0 heterocycles. The molecule has 1 aliphatic rings. The third-order valence-corrected chi connectivity index (χ3v) is 4.87. The number of hydrogen-bond acceptors (Lipinski definition) is 3. The van der Waals surface area contributed by atoms with E-state index in [-0.39, 0.29) is 18.0 Å². The predicted molar refractivity (Wildman–Crippen MR) is 88.9 cm³/mol. The Labute approximate surface area is 142 Å². The van der Waals surface area contributed by atoms with Crippen LogP contribution in [0.4, 0.5) is 11.4 Å². The summed E-state index contributed by atoms with van der Waals surface area (Å²) in [6.45, 7) is 0. The Hall–Kier alpha value is -2.11. The van der Waals surface area contributed by atoms with Crippen LogP contribution < -0.4 is 5.32 Å². The molecule has 7 heteroatoms. The molecule has 0 unspecified atom stereocenters. The number of carbonyl (C=O) groups is 1. The lowest BCUT2D eigenvalue weighted by Gasteiger charge is -2.18. The van der Waals surface area contributed by atoms with Crippen LogP contribution in [0.25, 0.3) is 0 Å². The molecule has 1 atom stereocenters. The van der Waals surface area contributed by atoms with Crippen molar-refractivity contribution >= 4 is 40.5 Å². The fourth-order valence-electron chi connectivity index (χ4n) is 2.64. The zero-order valence-electron chi connectivity index (χ0n) is 11.8. The van der Waals surface area contributed by atoms with E-state index in [2.05, 4.69) is 5.32 Å². The van der Waals surface area contributed by atoms with Gasteiger partial charge in [0.25, 0.3) is 5.69 Å². The lowest BCUT2D eigenvalue weighted by atomic mass is 9.94. The molecular weight excluding hydrogens is 339 g/mol. The number of halogens is 2. The Bertz CT molecular complexity index is 780. The van der Waals surface area contributed by atoms with Gasteiger partial charge in [0.15, 0.2) is 0 Å². The molecule has 23 heavy (non-hydrogen) atoms. The Balaban J connectivity index is 1.90. The molecule has 2 aromatic carbocycles. The van der Waals surface area contributed by atoms with Crippen LogP contribution in [0.1, 0.15) is 12.0 Å². The molecule has 0 aliphatic heterocycles. The molecule has 2 aromatic rings. The van der Waals surface area contributed by atoms with Crippen LogP contribution in [-0.2, 0) is 10.2 Å². The van der Waals surface area contributed by atoms with Crippen molar-refractivity contribution in [2.75, 3.05) is 5.32 Å². The van der Waals surface area contributed by atoms with Gasteiger partial charge in [-0.25, -0.2) is 0 Å². The second-order valence-electron chi connectivity index (χ2n) is 5.41. The second-order valence-corrected chi connectivity index (χ2v) is 6.90. The summed E-state index contributed by atoms with van der Waals surface area (Å²) in [6.07, 6.45) is 0.286. The van der Waals surface area contributed by atoms with Gasteiger partial charge >= 0.3 is 0 Å². The van der Waals surface area contributed by atoms with Crippen molar-refractivity contribution in [1.29, 1.82) is 0 Å². The van der Waals surface area contributed by atoms with E-state index < -0.39 is 14.7 Å². The largest absolute Gasteiger partial charge is 0.325 e. The Morgan fingerprint density at radius 1 is 1.13 bits per heavy atom. The zero-order valence-corrected chi connectivity index (χ0v) is 13.3. The highest BCUT2D eigenvalue weighted by Gasteiger charge is 2.72. The number of amides is 1. The molecule has 0 aromatic heterocycles. The van der Waals surface area contributed by atoms with E-state index in [0.717, 1.165) is 0 Å². The van der Waals surface area contributed by atoms with Gasteiger partial charge in [0.2, 0.25) is 5.91 Å². The number of rotatable bonds is 4. The molecular formula is C16H12Cl2N2O3.